The van der Waals surface area contributed by atoms with Gasteiger partial charge in [-0.05, 0) is 53.3 Å². The highest BCUT2D eigenvalue weighted by Gasteiger charge is 2.38. The average Bonchev–Trinajstić information content (AvgIpc) is 3.00. The lowest BCUT2D eigenvalue weighted by atomic mass is 9.98. The van der Waals surface area contributed by atoms with Crippen molar-refractivity contribution in [3.8, 4) is 39.4 Å². The summed E-state index contributed by atoms with van der Waals surface area (Å²) < 4.78 is 103. The monoisotopic (exact) mass is 610 g/mol. The van der Waals surface area contributed by atoms with Crippen molar-refractivity contribution in [1.82, 2.24) is 9.97 Å². The maximum atomic E-state index is 15.1. The van der Waals surface area contributed by atoms with Gasteiger partial charge in [-0.3, -0.25) is 0 Å². The number of halogens is 7. The Morgan fingerprint density at radius 1 is 0.636 bits per heavy atom. The predicted octanol–water partition coefficient (Wildman–Crippen LogP) is 10.0. The van der Waals surface area contributed by atoms with Crippen LogP contribution in [0.5, 0.6) is 5.75 Å². The van der Waals surface area contributed by atoms with E-state index in [2.05, 4.69) is 21.6 Å². The molecule has 5 aromatic rings. The molecule has 0 fully saturated rings. The van der Waals surface area contributed by atoms with Crippen LogP contribution >= 0.6 is 0 Å². The lowest BCUT2D eigenvalue weighted by Crippen LogP contribution is -2.23. The van der Waals surface area contributed by atoms with E-state index in [1.165, 1.54) is 12.1 Å². The maximum Gasteiger partial charge on any atom is 0.429 e. The SMILES string of the molecule is CCCCCc1cnc(-c2ccc(-c3ccc(-c4ccc(C(F)(F)Oc5cc(F)c(F)c(F)c5)c(F)c4)cc3)c(F)c2)nc1. The lowest BCUT2D eigenvalue weighted by Gasteiger charge is -2.19. The van der Waals surface area contributed by atoms with Crippen molar-refractivity contribution >= 4 is 0 Å². The molecule has 44 heavy (non-hydrogen) atoms. The van der Waals surface area contributed by atoms with Crippen LogP contribution in [0.25, 0.3) is 33.6 Å². The molecule has 1 heterocycles. The van der Waals surface area contributed by atoms with Crippen LogP contribution in [0.4, 0.5) is 30.7 Å². The van der Waals surface area contributed by atoms with Gasteiger partial charge < -0.3 is 4.74 Å². The Morgan fingerprint density at radius 3 is 1.84 bits per heavy atom. The van der Waals surface area contributed by atoms with Gasteiger partial charge >= 0.3 is 6.11 Å². The van der Waals surface area contributed by atoms with Gasteiger partial charge in [0.05, 0.1) is 5.56 Å². The summed E-state index contributed by atoms with van der Waals surface area (Å²) in [5.41, 5.74) is 1.88. The number of unbranched alkanes of at least 4 members (excludes halogenated alkanes) is 2. The smallest absolute Gasteiger partial charge is 0.429 e. The first-order valence-electron chi connectivity index (χ1n) is 13.8. The molecule has 10 heteroatoms. The normalized spacial score (nSPS) is 11.5. The molecule has 0 atom stereocenters. The second kappa shape index (κ2) is 12.9. The first kappa shape index (κ1) is 30.7. The van der Waals surface area contributed by atoms with Crippen molar-refractivity contribution in [2.75, 3.05) is 0 Å². The Hall–Kier alpha value is -4.73. The number of aryl methyl sites for hydroxylation is 1. The van der Waals surface area contributed by atoms with Gasteiger partial charge in [0.25, 0.3) is 0 Å². The largest absolute Gasteiger partial charge is 0.429 e. The summed E-state index contributed by atoms with van der Waals surface area (Å²) in [6.07, 6.45) is 3.36. The van der Waals surface area contributed by atoms with Crippen LogP contribution in [0.1, 0.15) is 37.3 Å². The molecule has 0 unspecified atom stereocenters. The van der Waals surface area contributed by atoms with Crippen molar-refractivity contribution < 1.29 is 35.5 Å². The Morgan fingerprint density at radius 2 is 1.23 bits per heavy atom. The van der Waals surface area contributed by atoms with Gasteiger partial charge in [0.1, 0.15) is 17.4 Å². The highest BCUT2D eigenvalue weighted by Crippen LogP contribution is 2.36. The Bertz CT molecular complexity index is 1750. The van der Waals surface area contributed by atoms with Gasteiger partial charge in [-0.15, -0.1) is 0 Å². The van der Waals surface area contributed by atoms with Crippen LogP contribution in [-0.4, -0.2) is 9.97 Å². The lowest BCUT2D eigenvalue weighted by molar-refractivity contribution is -0.187. The molecule has 0 amide bonds. The van der Waals surface area contributed by atoms with Crippen LogP contribution in [0.3, 0.4) is 0 Å². The topological polar surface area (TPSA) is 35.0 Å². The van der Waals surface area contributed by atoms with Gasteiger partial charge in [-0.2, -0.15) is 8.78 Å². The molecule has 3 nitrogen and oxygen atoms in total. The molecule has 0 saturated heterocycles. The molecule has 0 aliphatic heterocycles. The minimum Gasteiger partial charge on any atom is -0.429 e. The number of hydrogen-bond donors (Lipinski definition) is 0. The fourth-order valence-electron chi connectivity index (χ4n) is 4.67. The number of hydrogen-bond acceptors (Lipinski definition) is 3. The van der Waals surface area contributed by atoms with Crippen LogP contribution in [0, 0.1) is 29.1 Å². The van der Waals surface area contributed by atoms with Crippen molar-refractivity contribution in [3.05, 3.63) is 125 Å². The number of alkyl halides is 2. The zero-order chi connectivity index (χ0) is 31.4. The van der Waals surface area contributed by atoms with Gasteiger partial charge in [-0.25, -0.2) is 31.9 Å². The van der Waals surface area contributed by atoms with Crippen molar-refractivity contribution in [3.63, 3.8) is 0 Å². The van der Waals surface area contributed by atoms with E-state index in [9.17, 15) is 26.3 Å². The van der Waals surface area contributed by atoms with Gasteiger partial charge in [0.15, 0.2) is 23.3 Å². The van der Waals surface area contributed by atoms with Crippen LogP contribution in [-0.2, 0) is 12.5 Å². The first-order valence-corrected chi connectivity index (χ1v) is 13.8. The highest BCUT2D eigenvalue weighted by atomic mass is 19.3. The third-order valence-corrected chi connectivity index (χ3v) is 7.02. The van der Waals surface area contributed by atoms with Crippen LogP contribution in [0.2, 0.25) is 0 Å². The second-order valence-electron chi connectivity index (χ2n) is 10.2. The van der Waals surface area contributed by atoms with Gasteiger partial charge in [-0.1, -0.05) is 62.2 Å². The van der Waals surface area contributed by atoms with E-state index < -0.39 is 46.5 Å². The summed E-state index contributed by atoms with van der Waals surface area (Å²) in [6.45, 7) is 2.13. The molecule has 0 spiro atoms. The molecule has 0 aliphatic rings. The number of aromatic nitrogens is 2. The molecule has 226 valence electrons. The quantitative estimate of drug-likeness (QED) is 0.0897. The number of nitrogens with zero attached hydrogens (tertiary/aromatic N) is 2. The van der Waals surface area contributed by atoms with E-state index in [4.69, 9.17) is 0 Å². The zero-order valence-electron chi connectivity index (χ0n) is 23.4. The number of rotatable bonds is 10. The van der Waals surface area contributed by atoms with E-state index in [0.717, 1.165) is 43.4 Å². The Kier molecular flexibility index (Phi) is 8.98. The van der Waals surface area contributed by atoms with E-state index in [0.29, 0.717) is 28.1 Å². The average molecular weight is 611 g/mol. The molecule has 0 bridgehead atoms. The van der Waals surface area contributed by atoms with E-state index in [1.807, 2.05) is 0 Å². The van der Waals surface area contributed by atoms with Crippen molar-refractivity contribution in [2.24, 2.45) is 0 Å². The molecule has 0 radical (unpaired) electrons. The molecule has 1 aromatic heterocycles. The summed E-state index contributed by atoms with van der Waals surface area (Å²) in [5, 5.41) is 0. The Balaban J connectivity index is 1.30. The highest BCUT2D eigenvalue weighted by molar-refractivity contribution is 5.72. The minimum atomic E-state index is -4.32. The second-order valence-corrected chi connectivity index (χ2v) is 10.2. The summed E-state index contributed by atoms with van der Waals surface area (Å²) in [5.74, 6) is -7.78. The molecular formula is C34H25F7N2O. The molecule has 0 aliphatic carbocycles. The molecular weight excluding hydrogens is 585 g/mol. The molecule has 4 aromatic carbocycles. The first-order chi connectivity index (χ1) is 21.1. The van der Waals surface area contributed by atoms with Crippen LogP contribution in [0.15, 0.2) is 85.2 Å². The third-order valence-electron chi connectivity index (χ3n) is 7.02. The molecule has 5 rings (SSSR count). The zero-order valence-corrected chi connectivity index (χ0v) is 23.4. The van der Waals surface area contributed by atoms with E-state index in [1.54, 1.807) is 48.8 Å². The van der Waals surface area contributed by atoms with Crippen molar-refractivity contribution in [1.29, 1.82) is 0 Å². The number of ether oxygens (including phenoxy) is 1. The fourth-order valence-corrected chi connectivity index (χ4v) is 4.67. The minimum absolute atomic E-state index is 0.233. The van der Waals surface area contributed by atoms with Gasteiger partial charge in [0.2, 0.25) is 0 Å². The standard InChI is InChI=1S/C34H25F7N2O/c1-2-3-4-5-20-18-42-33(43-19-20)24-10-12-26(28(35)15-24)22-8-6-21(7-9-22)23-11-13-27(29(36)14-23)34(40,41)44-25-16-30(37)32(39)31(38)17-25/h6-19H,2-5H2,1H3. The maximum absolute atomic E-state index is 15.1. The van der Waals surface area contributed by atoms with E-state index >= 15 is 4.39 Å². The fraction of sp³-hybridized carbons (Fsp3) is 0.176. The van der Waals surface area contributed by atoms with E-state index in [-0.39, 0.29) is 17.7 Å². The van der Waals surface area contributed by atoms with Gasteiger partial charge in [0, 0.05) is 35.7 Å². The third kappa shape index (κ3) is 6.74. The molecule has 0 N–H and O–H groups in total. The summed E-state index contributed by atoms with van der Waals surface area (Å²) in [7, 11) is 0. The summed E-state index contributed by atoms with van der Waals surface area (Å²) in [6, 6.07) is 14.3. The number of benzene rings is 4. The molecule has 0 saturated carbocycles. The predicted molar refractivity (Wildman–Crippen MR) is 152 cm³/mol. The van der Waals surface area contributed by atoms with Crippen molar-refractivity contribution in [2.45, 2.75) is 38.7 Å². The summed E-state index contributed by atoms with van der Waals surface area (Å²) >= 11 is 0. The van der Waals surface area contributed by atoms with Crippen LogP contribution < -0.4 is 4.74 Å². The Labute approximate surface area is 249 Å². The summed E-state index contributed by atoms with van der Waals surface area (Å²) in [4.78, 5) is 8.74.